The largest absolute Gasteiger partial charge is 0.494 e. The first-order chi connectivity index (χ1) is 12.5. The number of carbonyl (C=O) groups excluding carboxylic acids is 1. The van der Waals surface area contributed by atoms with Gasteiger partial charge in [-0.2, -0.15) is 0 Å². The van der Waals surface area contributed by atoms with Gasteiger partial charge in [-0.25, -0.2) is 13.8 Å². The molecule has 7 heteroatoms. The van der Waals surface area contributed by atoms with Gasteiger partial charge in [0.15, 0.2) is 16.7 Å². The van der Waals surface area contributed by atoms with E-state index in [1.165, 1.54) is 42.7 Å². The molecule has 0 saturated heterocycles. The summed E-state index contributed by atoms with van der Waals surface area (Å²) < 4.78 is 31.6. The van der Waals surface area contributed by atoms with Crippen LogP contribution in [0.15, 0.2) is 42.5 Å². The Morgan fingerprint density at radius 1 is 1.19 bits per heavy atom. The van der Waals surface area contributed by atoms with E-state index in [1.807, 2.05) is 6.92 Å². The minimum absolute atomic E-state index is 0.0193. The van der Waals surface area contributed by atoms with Gasteiger partial charge in [0.2, 0.25) is 5.91 Å². The number of methoxy groups -OCH3 is 1. The maximum atomic E-state index is 13.7. The van der Waals surface area contributed by atoms with Crippen molar-refractivity contribution in [3.05, 3.63) is 64.5 Å². The van der Waals surface area contributed by atoms with Gasteiger partial charge >= 0.3 is 0 Å². The first kappa shape index (κ1) is 18.0. The summed E-state index contributed by atoms with van der Waals surface area (Å²) in [5.74, 6) is -0.994. The van der Waals surface area contributed by atoms with E-state index >= 15 is 0 Å². The molecule has 1 amide bonds. The molecule has 134 valence electrons. The van der Waals surface area contributed by atoms with Crippen LogP contribution >= 0.6 is 11.3 Å². The third-order valence-electron chi connectivity index (χ3n) is 3.74. The summed E-state index contributed by atoms with van der Waals surface area (Å²) in [6, 6.07) is 10.4. The van der Waals surface area contributed by atoms with Gasteiger partial charge < -0.3 is 10.1 Å². The monoisotopic (exact) mass is 374 g/mol. The number of hydrogen-bond acceptors (Lipinski definition) is 4. The second-order valence-electron chi connectivity index (χ2n) is 5.62. The lowest BCUT2D eigenvalue weighted by Crippen LogP contribution is -2.14. The molecular weight excluding hydrogens is 358 g/mol. The Labute approximate surface area is 153 Å². The summed E-state index contributed by atoms with van der Waals surface area (Å²) in [5, 5.41) is 3.17. The predicted molar refractivity (Wildman–Crippen MR) is 97.5 cm³/mol. The van der Waals surface area contributed by atoms with Crippen LogP contribution in [-0.4, -0.2) is 18.0 Å². The lowest BCUT2D eigenvalue weighted by Gasteiger charge is -2.05. The fourth-order valence-electron chi connectivity index (χ4n) is 2.49. The van der Waals surface area contributed by atoms with Gasteiger partial charge in [-0.05, 0) is 48.9 Å². The van der Waals surface area contributed by atoms with Crippen molar-refractivity contribution >= 4 is 22.4 Å². The summed E-state index contributed by atoms with van der Waals surface area (Å²) in [4.78, 5) is 17.5. The number of rotatable bonds is 5. The fourth-order valence-corrected chi connectivity index (χ4v) is 3.35. The molecule has 2 aromatic carbocycles. The Morgan fingerprint density at radius 2 is 1.92 bits per heavy atom. The van der Waals surface area contributed by atoms with Crippen molar-refractivity contribution in [3.8, 4) is 17.0 Å². The first-order valence-electron chi connectivity index (χ1n) is 7.82. The Balaban J connectivity index is 1.71. The summed E-state index contributed by atoms with van der Waals surface area (Å²) >= 11 is 1.33. The van der Waals surface area contributed by atoms with Crippen LogP contribution in [0.2, 0.25) is 0 Å². The van der Waals surface area contributed by atoms with Crippen LogP contribution in [0.3, 0.4) is 0 Å². The minimum atomic E-state index is -0.513. The van der Waals surface area contributed by atoms with E-state index in [4.69, 9.17) is 4.74 Å². The van der Waals surface area contributed by atoms with Crippen molar-refractivity contribution < 1.29 is 18.3 Å². The summed E-state index contributed by atoms with van der Waals surface area (Å²) in [6.45, 7) is 1.88. The zero-order valence-corrected chi connectivity index (χ0v) is 15.0. The van der Waals surface area contributed by atoms with Crippen LogP contribution in [0, 0.1) is 18.6 Å². The van der Waals surface area contributed by atoms with Gasteiger partial charge in [-0.1, -0.05) is 6.07 Å². The van der Waals surface area contributed by atoms with Gasteiger partial charge in [0.05, 0.1) is 19.2 Å². The number of amides is 1. The molecular formula is C19H16F2N2O2S. The van der Waals surface area contributed by atoms with Gasteiger partial charge in [-0.3, -0.25) is 4.79 Å². The molecule has 1 aromatic heterocycles. The number of aromatic nitrogens is 1. The topological polar surface area (TPSA) is 51.2 Å². The number of anilines is 1. The Hall–Kier alpha value is -2.80. The van der Waals surface area contributed by atoms with Crippen LogP contribution in [-0.2, 0) is 11.2 Å². The summed E-state index contributed by atoms with van der Waals surface area (Å²) in [7, 11) is 1.38. The molecule has 0 bridgehead atoms. The van der Waals surface area contributed by atoms with Crippen molar-refractivity contribution in [1.82, 2.24) is 4.98 Å². The summed E-state index contributed by atoms with van der Waals surface area (Å²) in [5.41, 5.74) is 2.01. The number of benzene rings is 2. The highest BCUT2D eigenvalue weighted by Crippen LogP contribution is 2.30. The van der Waals surface area contributed by atoms with E-state index in [0.717, 1.165) is 10.4 Å². The molecule has 0 radical (unpaired) electrons. The molecule has 3 rings (SSSR count). The quantitative estimate of drug-likeness (QED) is 0.711. The normalized spacial score (nSPS) is 10.6. The second-order valence-corrected chi connectivity index (χ2v) is 6.83. The Morgan fingerprint density at radius 3 is 2.58 bits per heavy atom. The van der Waals surface area contributed by atoms with Crippen LogP contribution in [0.1, 0.15) is 10.4 Å². The lowest BCUT2D eigenvalue weighted by molar-refractivity contribution is -0.115. The van der Waals surface area contributed by atoms with E-state index in [9.17, 15) is 13.6 Å². The average Bonchev–Trinajstić information content (AvgIpc) is 2.96. The van der Waals surface area contributed by atoms with E-state index in [-0.39, 0.29) is 23.9 Å². The lowest BCUT2D eigenvalue weighted by atomic mass is 10.1. The van der Waals surface area contributed by atoms with Crippen LogP contribution in [0.25, 0.3) is 11.3 Å². The van der Waals surface area contributed by atoms with Gasteiger partial charge in [0, 0.05) is 10.4 Å². The number of hydrogen-bond donors (Lipinski definition) is 1. The smallest absolute Gasteiger partial charge is 0.230 e. The molecule has 3 aromatic rings. The number of thiazole rings is 1. The average molecular weight is 374 g/mol. The van der Waals surface area contributed by atoms with E-state index in [0.29, 0.717) is 16.4 Å². The zero-order chi connectivity index (χ0) is 18.7. The van der Waals surface area contributed by atoms with E-state index in [1.54, 1.807) is 18.2 Å². The van der Waals surface area contributed by atoms with Gasteiger partial charge in [-0.15, -0.1) is 11.3 Å². The molecule has 1 N–H and O–H groups in total. The number of nitrogens with zero attached hydrogens (tertiary/aromatic N) is 1. The number of halogens is 2. The molecule has 0 atom stereocenters. The highest BCUT2D eigenvalue weighted by Gasteiger charge is 2.13. The SMILES string of the molecule is COc1ccc(CC(=O)Nc2nc(-c3ccc(F)cc3)c(C)s2)cc1F. The minimum Gasteiger partial charge on any atom is -0.494 e. The molecule has 0 aliphatic heterocycles. The molecule has 0 aliphatic rings. The highest BCUT2D eigenvalue weighted by atomic mass is 32.1. The predicted octanol–water partition coefficient (Wildman–Crippen LogP) is 4.59. The summed E-state index contributed by atoms with van der Waals surface area (Å²) in [6.07, 6.45) is 0.0193. The molecule has 0 unspecified atom stereocenters. The van der Waals surface area contributed by atoms with Crippen molar-refractivity contribution in [2.24, 2.45) is 0 Å². The molecule has 0 fully saturated rings. The number of carbonyl (C=O) groups is 1. The number of ether oxygens (including phenoxy) is 1. The Kier molecular flexibility index (Phi) is 5.27. The molecule has 1 heterocycles. The van der Waals surface area contributed by atoms with Gasteiger partial charge in [0.25, 0.3) is 0 Å². The van der Waals surface area contributed by atoms with E-state index < -0.39 is 5.82 Å². The van der Waals surface area contributed by atoms with Gasteiger partial charge in [0.1, 0.15) is 5.82 Å². The second kappa shape index (κ2) is 7.61. The van der Waals surface area contributed by atoms with Crippen molar-refractivity contribution in [2.75, 3.05) is 12.4 Å². The van der Waals surface area contributed by atoms with E-state index in [2.05, 4.69) is 10.3 Å². The molecule has 26 heavy (non-hydrogen) atoms. The zero-order valence-electron chi connectivity index (χ0n) is 14.2. The molecule has 0 aliphatic carbocycles. The number of nitrogens with one attached hydrogen (secondary N) is 1. The molecule has 0 saturated carbocycles. The van der Waals surface area contributed by atoms with Crippen molar-refractivity contribution in [2.45, 2.75) is 13.3 Å². The van der Waals surface area contributed by atoms with Crippen LogP contribution in [0.5, 0.6) is 5.75 Å². The van der Waals surface area contributed by atoms with Crippen LogP contribution < -0.4 is 10.1 Å². The van der Waals surface area contributed by atoms with Crippen LogP contribution in [0.4, 0.5) is 13.9 Å². The Bertz CT molecular complexity index is 939. The fraction of sp³-hybridized carbons (Fsp3) is 0.158. The third-order valence-corrected chi connectivity index (χ3v) is 4.63. The first-order valence-corrected chi connectivity index (χ1v) is 8.63. The molecule has 4 nitrogen and oxygen atoms in total. The highest BCUT2D eigenvalue weighted by molar-refractivity contribution is 7.16. The maximum Gasteiger partial charge on any atom is 0.230 e. The van der Waals surface area contributed by atoms with Crippen molar-refractivity contribution in [3.63, 3.8) is 0 Å². The van der Waals surface area contributed by atoms with Crippen molar-refractivity contribution in [1.29, 1.82) is 0 Å². The number of aryl methyl sites for hydroxylation is 1. The standard InChI is InChI=1S/C19H16F2N2O2S/c1-11-18(13-4-6-14(20)7-5-13)23-19(26-11)22-17(24)10-12-3-8-16(25-2)15(21)9-12/h3-9H,10H2,1-2H3,(H,22,23,24). The molecule has 0 spiro atoms. The maximum absolute atomic E-state index is 13.7. The third kappa shape index (κ3) is 4.05.